The van der Waals surface area contributed by atoms with Crippen LogP contribution in [0, 0.1) is 29.1 Å². The molecule has 0 fully saturated rings. The molecule has 0 bridgehead atoms. The zero-order chi connectivity index (χ0) is 21.9. The lowest BCUT2D eigenvalue weighted by Crippen LogP contribution is -2.71. The molecule has 2 rings (SSSR count). The summed E-state index contributed by atoms with van der Waals surface area (Å²) in [6, 6.07) is 0. The molecule has 0 saturated carbocycles. The van der Waals surface area contributed by atoms with Gasteiger partial charge in [0.2, 0.25) is 5.82 Å². The molecule has 0 nitrogen and oxygen atoms in total. The zero-order valence-corrected chi connectivity index (χ0v) is 20.6. The summed E-state index contributed by atoms with van der Waals surface area (Å²) < 4.78 is 70.3. The van der Waals surface area contributed by atoms with Crippen LogP contribution in [0.5, 0.6) is 0 Å². The van der Waals surface area contributed by atoms with E-state index in [1.54, 1.807) is 13.1 Å². The Kier molecular flexibility index (Phi) is 6.85. The predicted molar refractivity (Wildman–Crippen MR) is 112 cm³/mol. The number of halogens is 10. The fourth-order valence-electron chi connectivity index (χ4n) is 2.93. The summed E-state index contributed by atoms with van der Waals surface area (Å²) in [6.07, 6.45) is 0. The van der Waals surface area contributed by atoms with Crippen LogP contribution in [0.3, 0.4) is 0 Å². The molecule has 154 valence electrons. The molecule has 0 aliphatic rings. The minimum Gasteiger partial charge on any atom is -0.204 e. The summed E-state index contributed by atoms with van der Waals surface area (Å²) in [4.78, 5) is 0. The van der Waals surface area contributed by atoms with Crippen molar-refractivity contribution in [2.75, 3.05) is 0 Å². The maximum atomic E-state index is 14.6. The second-order valence-electron chi connectivity index (χ2n) is 7.14. The summed E-state index contributed by atoms with van der Waals surface area (Å²) in [6.45, 7) is 6.29. The topological polar surface area (TPSA) is 0 Å². The lowest BCUT2D eigenvalue weighted by Gasteiger charge is -2.40. The average Bonchev–Trinajstić information content (AvgIpc) is 2.61. The van der Waals surface area contributed by atoms with Gasteiger partial charge in [0.1, 0.15) is 0 Å². The first-order valence-corrected chi connectivity index (χ1v) is 16.5. The lowest BCUT2D eigenvalue weighted by atomic mass is 10.3. The van der Waals surface area contributed by atoms with Crippen molar-refractivity contribution in [2.24, 2.45) is 0 Å². The summed E-state index contributed by atoms with van der Waals surface area (Å²) >= 11 is 30.8. The van der Waals surface area contributed by atoms with E-state index in [4.69, 9.17) is 58.0 Å². The lowest BCUT2D eigenvalue weighted by molar-refractivity contribution is 0.384. The molecule has 2 aromatic rings. The fourth-order valence-corrected chi connectivity index (χ4v) is 15.2. The van der Waals surface area contributed by atoms with E-state index in [9.17, 15) is 22.0 Å². The van der Waals surface area contributed by atoms with Gasteiger partial charge in [0, 0.05) is 5.19 Å². The minimum atomic E-state index is -3.44. The highest BCUT2D eigenvalue weighted by Gasteiger charge is 2.51. The van der Waals surface area contributed by atoms with Gasteiger partial charge in [-0.05, 0) is 5.19 Å². The molecule has 2 aromatic carbocycles. The third-order valence-corrected chi connectivity index (χ3v) is 25.3. The van der Waals surface area contributed by atoms with Gasteiger partial charge in [-0.3, -0.25) is 0 Å². The standard InChI is InChI=1S/C16H12Cl5F5Si2/c1-27(2,15-8(20)6(18)5(17)7(19)9(15)21)28(3,4)16-13(25)11(23)10(22)12(24)14(16)26/h1-4H3. The average molecular weight is 533 g/mol. The van der Waals surface area contributed by atoms with Crippen LogP contribution in [0.4, 0.5) is 22.0 Å². The van der Waals surface area contributed by atoms with E-state index in [1.165, 1.54) is 13.1 Å². The predicted octanol–water partition coefficient (Wildman–Crippen LogP) is 7.26. The molecule has 12 heteroatoms. The molecular weight excluding hydrogens is 521 g/mol. The van der Waals surface area contributed by atoms with E-state index in [-0.39, 0.29) is 30.3 Å². The molecule has 0 aliphatic carbocycles. The van der Waals surface area contributed by atoms with Gasteiger partial charge in [-0.1, -0.05) is 84.2 Å². The maximum absolute atomic E-state index is 14.6. The van der Waals surface area contributed by atoms with Gasteiger partial charge < -0.3 is 0 Å². The third kappa shape index (κ3) is 3.41. The molecule has 28 heavy (non-hydrogen) atoms. The minimum absolute atomic E-state index is 0.0535. The third-order valence-electron chi connectivity index (χ3n) is 5.23. The molecule has 0 radical (unpaired) electrons. The smallest absolute Gasteiger partial charge is 0.200 e. The molecular formula is C16H12Cl5F5Si2. The first-order valence-electron chi connectivity index (χ1n) is 7.64. The van der Waals surface area contributed by atoms with Gasteiger partial charge in [-0.25, -0.2) is 22.0 Å². The number of hydrogen-bond acceptors (Lipinski definition) is 0. The second-order valence-corrected chi connectivity index (χ2v) is 24.0. The highest BCUT2D eigenvalue weighted by molar-refractivity contribution is 7.50. The van der Waals surface area contributed by atoms with E-state index >= 15 is 0 Å². The van der Waals surface area contributed by atoms with Crippen LogP contribution >= 0.6 is 58.0 Å². The SMILES string of the molecule is C[Si](C)(c1c(F)c(F)c(F)c(F)c1F)[Si](C)(C)c1c(Cl)c(Cl)c(Cl)c(Cl)c1Cl. The Bertz CT molecular complexity index is 857. The van der Waals surface area contributed by atoms with Crippen LogP contribution in [-0.2, 0) is 0 Å². The molecule has 0 unspecified atom stereocenters. The Hall–Kier alpha value is -0.0262. The molecule has 0 saturated heterocycles. The molecule has 0 atom stereocenters. The second kappa shape index (κ2) is 7.91. The first-order chi connectivity index (χ1) is 12.6. The van der Waals surface area contributed by atoms with Crippen molar-refractivity contribution in [1.29, 1.82) is 0 Å². The molecule has 0 aromatic heterocycles. The normalized spacial score (nSPS) is 12.6. The Morgan fingerprint density at radius 3 is 1.04 bits per heavy atom. The summed E-state index contributed by atoms with van der Waals surface area (Å²) in [5.74, 6) is -9.91. The van der Waals surface area contributed by atoms with Gasteiger partial charge in [-0.2, -0.15) is 0 Å². The Balaban J connectivity index is 2.92. The maximum Gasteiger partial charge on any atom is 0.200 e. The number of hydrogen-bond donors (Lipinski definition) is 0. The van der Waals surface area contributed by atoms with E-state index in [1.807, 2.05) is 0 Å². The van der Waals surface area contributed by atoms with Gasteiger partial charge >= 0.3 is 0 Å². The van der Waals surface area contributed by atoms with Crippen LogP contribution in [0.15, 0.2) is 0 Å². The van der Waals surface area contributed by atoms with Crippen molar-refractivity contribution in [3.63, 3.8) is 0 Å². The van der Waals surface area contributed by atoms with E-state index in [2.05, 4.69) is 0 Å². The molecule has 0 aliphatic heterocycles. The monoisotopic (exact) mass is 530 g/mol. The molecule has 0 N–H and O–H groups in total. The summed E-state index contributed by atoms with van der Waals surface area (Å²) in [7, 11) is -6.57. The van der Waals surface area contributed by atoms with Gasteiger partial charge in [-0.15, -0.1) is 0 Å². The van der Waals surface area contributed by atoms with Crippen LogP contribution < -0.4 is 10.4 Å². The fraction of sp³-hybridized carbons (Fsp3) is 0.250. The van der Waals surface area contributed by atoms with Crippen LogP contribution in [0.1, 0.15) is 0 Å². The van der Waals surface area contributed by atoms with Crippen molar-refractivity contribution in [3.8, 4) is 0 Å². The Morgan fingerprint density at radius 1 is 0.429 bits per heavy atom. The molecule has 0 heterocycles. The molecule has 0 spiro atoms. The van der Waals surface area contributed by atoms with E-state index < -0.39 is 49.5 Å². The Morgan fingerprint density at radius 2 is 0.679 bits per heavy atom. The van der Waals surface area contributed by atoms with Crippen LogP contribution in [-0.4, -0.2) is 15.2 Å². The highest BCUT2D eigenvalue weighted by Crippen LogP contribution is 2.41. The van der Waals surface area contributed by atoms with E-state index in [0.29, 0.717) is 0 Å². The largest absolute Gasteiger partial charge is 0.204 e. The molecule has 0 amide bonds. The van der Waals surface area contributed by atoms with Crippen molar-refractivity contribution < 1.29 is 22.0 Å². The van der Waals surface area contributed by atoms with Gasteiger partial charge in [0.05, 0.1) is 40.3 Å². The van der Waals surface area contributed by atoms with Crippen molar-refractivity contribution in [2.45, 2.75) is 26.2 Å². The Labute approximate surface area is 185 Å². The quantitative estimate of drug-likeness (QED) is 0.169. The van der Waals surface area contributed by atoms with Crippen LogP contribution in [0.25, 0.3) is 0 Å². The summed E-state index contributed by atoms with van der Waals surface area (Å²) in [5, 5.41) is -0.983. The highest BCUT2D eigenvalue weighted by atomic mass is 35.5. The van der Waals surface area contributed by atoms with Gasteiger partial charge in [0.15, 0.2) is 23.3 Å². The number of rotatable bonds is 3. The van der Waals surface area contributed by atoms with Crippen molar-refractivity contribution in [1.82, 2.24) is 0 Å². The van der Waals surface area contributed by atoms with Crippen molar-refractivity contribution >= 4 is 83.6 Å². The van der Waals surface area contributed by atoms with Crippen LogP contribution in [0.2, 0.25) is 51.3 Å². The first kappa shape index (κ1) is 24.2. The zero-order valence-electron chi connectivity index (χ0n) is 14.8. The van der Waals surface area contributed by atoms with Crippen molar-refractivity contribution in [3.05, 3.63) is 54.2 Å². The number of benzene rings is 2. The van der Waals surface area contributed by atoms with Gasteiger partial charge in [0.25, 0.3) is 0 Å². The van der Waals surface area contributed by atoms with E-state index in [0.717, 1.165) is 0 Å². The summed E-state index contributed by atoms with van der Waals surface area (Å²) in [5.41, 5.74) is 0.